The van der Waals surface area contributed by atoms with Crippen LogP contribution in [0.3, 0.4) is 0 Å². The van der Waals surface area contributed by atoms with E-state index in [0.717, 1.165) is 11.1 Å². The van der Waals surface area contributed by atoms with E-state index >= 15 is 0 Å². The van der Waals surface area contributed by atoms with E-state index in [2.05, 4.69) is 41.5 Å². The Morgan fingerprint density at radius 1 is 0.607 bits per heavy atom. The van der Waals surface area contributed by atoms with Crippen LogP contribution in [0.5, 0.6) is 11.5 Å². The summed E-state index contributed by atoms with van der Waals surface area (Å²) in [6.45, 7) is 12.7. The largest absolute Gasteiger partial charge is 0.427 e. The second kappa shape index (κ2) is 8.59. The van der Waals surface area contributed by atoms with Gasteiger partial charge < -0.3 is 9.47 Å². The molecule has 2 aromatic rings. The minimum Gasteiger partial charge on any atom is -0.427 e. The van der Waals surface area contributed by atoms with Gasteiger partial charge in [-0.05, 0) is 46.2 Å². The van der Waals surface area contributed by atoms with Gasteiger partial charge in [-0.15, -0.1) is 0 Å². The summed E-state index contributed by atoms with van der Waals surface area (Å²) in [7, 11) is 0. The highest BCUT2D eigenvalue weighted by atomic mass is 16.5. The van der Waals surface area contributed by atoms with Crippen LogP contribution in [0.2, 0.25) is 0 Å². The average Bonchev–Trinajstić information content (AvgIpc) is 2.59. The van der Waals surface area contributed by atoms with Gasteiger partial charge in [0.2, 0.25) is 0 Å². The number of hydrogen-bond donors (Lipinski definition) is 0. The lowest BCUT2D eigenvalue weighted by atomic mass is 9.87. The number of esters is 2. The maximum atomic E-state index is 12.0. The molecular weight excluding hydrogens is 352 g/mol. The normalized spacial score (nSPS) is 11.8. The van der Waals surface area contributed by atoms with Crippen LogP contribution in [-0.2, 0) is 20.4 Å². The quantitative estimate of drug-likeness (QED) is 0.501. The van der Waals surface area contributed by atoms with Gasteiger partial charge in [0.05, 0.1) is 12.8 Å². The summed E-state index contributed by atoms with van der Waals surface area (Å²) in [5.74, 6) is 0.0420. The number of carbonyl (C=O) groups is 2. The fraction of sp³-hybridized carbons (Fsp3) is 0.417. The van der Waals surface area contributed by atoms with Gasteiger partial charge in [-0.1, -0.05) is 65.8 Å². The molecule has 4 nitrogen and oxygen atoms in total. The third-order valence-electron chi connectivity index (χ3n) is 4.44. The lowest BCUT2D eigenvalue weighted by molar-refractivity contribution is -0.140. The predicted molar refractivity (Wildman–Crippen MR) is 111 cm³/mol. The van der Waals surface area contributed by atoms with Gasteiger partial charge in [0.25, 0.3) is 0 Å². The predicted octanol–water partition coefficient (Wildman–Crippen LogP) is 5.57. The highest BCUT2D eigenvalue weighted by molar-refractivity contribution is 5.80. The van der Waals surface area contributed by atoms with Gasteiger partial charge in [-0.25, -0.2) is 0 Å². The number of carbonyl (C=O) groups excluding carboxylic acids is 2. The molecule has 2 rings (SSSR count). The zero-order valence-corrected chi connectivity index (χ0v) is 17.7. The SMILES string of the molecule is CC(C)(C)c1ccc(OC(=O)CCC(=O)Oc2ccc(C(C)(C)C)cc2)cc1. The average molecular weight is 383 g/mol. The van der Waals surface area contributed by atoms with Gasteiger partial charge in [0, 0.05) is 0 Å². The molecule has 0 heterocycles. The molecule has 0 bridgehead atoms. The molecule has 0 fully saturated rings. The van der Waals surface area contributed by atoms with Crippen molar-refractivity contribution in [2.24, 2.45) is 0 Å². The van der Waals surface area contributed by atoms with Gasteiger partial charge in [-0.3, -0.25) is 9.59 Å². The van der Waals surface area contributed by atoms with Crippen molar-refractivity contribution in [1.29, 1.82) is 0 Å². The van der Waals surface area contributed by atoms with Gasteiger partial charge in [0.15, 0.2) is 0 Å². The summed E-state index contributed by atoms with van der Waals surface area (Å²) in [4.78, 5) is 24.0. The molecule has 0 atom stereocenters. The molecule has 0 saturated heterocycles. The summed E-state index contributed by atoms with van der Waals surface area (Å²) in [6, 6.07) is 14.9. The molecule has 28 heavy (non-hydrogen) atoms. The van der Waals surface area contributed by atoms with Crippen molar-refractivity contribution in [3.05, 3.63) is 59.7 Å². The first-order chi connectivity index (χ1) is 12.9. The van der Waals surface area contributed by atoms with E-state index in [0.29, 0.717) is 11.5 Å². The van der Waals surface area contributed by atoms with Crippen molar-refractivity contribution in [2.45, 2.75) is 65.2 Å². The molecule has 0 spiro atoms. The molecule has 4 heteroatoms. The Balaban J connectivity index is 1.81. The van der Waals surface area contributed by atoms with Crippen molar-refractivity contribution < 1.29 is 19.1 Å². The van der Waals surface area contributed by atoms with E-state index in [1.807, 2.05) is 24.3 Å². The molecule has 0 aliphatic heterocycles. The molecule has 0 unspecified atom stereocenters. The van der Waals surface area contributed by atoms with Crippen LogP contribution in [0.25, 0.3) is 0 Å². The van der Waals surface area contributed by atoms with Crippen LogP contribution in [0.15, 0.2) is 48.5 Å². The minimum atomic E-state index is -0.455. The Labute approximate surface area is 167 Å². The summed E-state index contributed by atoms with van der Waals surface area (Å²) in [5, 5.41) is 0. The molecule has 2 aromatic carbocycles. The van der Waals surface area contributed by atoms with Crippen molar-refractivity contribution in [3.8, 4) is 11.5 Å². The van der Waals surface area contributed by atoms with E-state index in [1.54, 1.807) is 24.3 Å². The minimum absolute atomic E-state index is 0.0278. The van der Waals surface area contributed by atoms with Crippen molar-refractivity contribution >= 4 is 11.9 Å². The van der Waals surface area contributed by atoms with Crippen LogP contribution in [0.1, 0.15) is 65.5 Å². The van der Waals surface area contributed by atoms with Crippen LogP contribution >= 0.6 is 0 Å². The lowest BCUT2D eigenvalue weighted by Crippen LogP contribution is -2.15. The fourth-order valence-electron chi connectivity index (χ4n) is 2.62. The van der Waals surface area contributed by atoms with E-state index in [-0.39, 0.29) is 23.7 Å². The number of rotatable bonds is 5. The molecule has 0 aromatic heterocycles. The maximum Gasteiger partial charge on any atom is 0.311 e. The Morgan fingerprint density at radius 2 is 0.893 bits per heavy atom. The summed E-state index contributed by atoms with van der Waals surface area (Å²) < 4.78 is 10.6. The standard InChI is InChI=1S/C24H30O4/c1-23(2,3)17-7-11-19(12-8-17)27-21(25)15-16-22(26)28-20-13-9-18(10-14-20)24(4,5)6/h7-14H,15-16H2,1-6H3. The number of ether oxygens (including phenoxy) is 2. The topological polar surface area (TPSA) is 52.6 Å². The number of benzene rings is 2. The monoisotopic (exact) mass is 382 g/mol. The number of hydrogen-bond acceptors (Lipinski definition) is 4. The zero-order valence-electron chi connectivity index (χ0n) is 17.7. The molecule has 0 radical (unpaired) electrons. The van der Waals surface area contributed by atoms with E-state index < -0.39 is 11.9 Å². The summed E-state index contributed by atoms with van der Waals surface area (Å²) >= 11 is 0. The second-order valence-corrected chi connectivity index (χ2v) is 9.00. The Bertz CT molecular complexity index is 732. The first kappa shape index (κ1) is 21.7. The van der Waals surface area contributed by atoms with Crippen LogP contribution in [0.4, 0.5) is 0 Å². The van der Waals surface area contributed by atoms with Crippen LogP contribution < -0.4 is 9.47 Å². The summed E-state index contributed by atoms with van der Waals surface area (Å²) in [5.41, 5.74) is 2.40. The third kappa shape index (κ3) is 6.52. The first-order valence-corrected chi connectivity index (χ1v) is 9.57. The van der Waals surface area contributed by atoms with Crippen molar-refractivity contribution in [1.82, 2.24) is 0 Å². The van der Waals surface area contributed by atoms with E-state index in [4.69, 9.17) is 9.47 Å². The van der Waals surface area contributed by atoms with E-state index in [1.165, 1.54) is 0 Å². The smallest absolute Gasteiger partial charge is 0.311 e. The molecule has 0 aliphatic rings. The molecule has 0 aliphatic carbocycles. The van der Waals surface area contributed by atoms with Gasteiger partial charge >= 0.3 is 11.9 Å². The van der Waals surface area contributed by atoms with Gasteiger partial charge in [0.1, 0.15) is 11.5 Å². The Hall–Kier alpha value is -2.62. The zero-order chi connectivity index (χ0) is 20.9. The fourth-order valence-corrected chi connectivity index (χ4v) is 2.62. The van der Waals surface area contributed by atoms with Crippen LogP contribution in [-0.4, -0.2) is 11.9 Å². The van der Waals surface area contributed by atoms with E-state index in [9.17, 15) is 9.59 Å². The summed E-state index contributed by atoms with van der Waals surface area (Å²) in [6.07, 6.45) is -0.0557. The van der Waals surface area contributed by atoms with Crippen LogP contribution in [0, 0.1) is 0 Å². The van der Waals surface area contributed by atoms with Crippen molar-refractivity contribution in [2.75, 3.05) is 0 Å². The molecule has 0 N–H and O–H groups in total. The highest BCUT2D eigenvalue weighted by Gasteiger charge is 2.16. The molecule has 0 saturated carbocycles. The molecule has 0 amide bonds. The second-order valence-electron chi connectivity index (χ2n) is 9.00. The maximum absolute atomic E-state index is 12.0. The van der Waals surface area contributed by atoms with Crippen molar-refractivity contribution in [3.63, 3.8) is 0 Å². The Morgan fingerprint density at radius 3 is 1.14 bits per heavy atom. The first-order valence-electron chi connectivity index (χ1n) is 9.57. The highest BCUT2D eigenvalue weighted by Crippen LogP contribution is 2.25. The Kier molecular flexibility index (Phi) is 6.65. The molecular formula is C24H30O4. The molecule has 150 valence electrons. The lowest BCUT2D eigenvalue weighted by Gasteiger charge is -2.19. The van der Waals surface area contributed by atoms with Gasteiger partial charge in [-0.2, -0.15) is 0 Å². The third-order valence-corrected chi connectivity index (χ3v) is 4.44.